The first kappa shape index (κ1) is 17.0. The Bertz CT molecular complexity index is 651. The van der Waals surface area contributed by atoms with Crippen LogP contribution in [0.15, 0.2) is 48.8 Å². The Morgan fingerprint density at radius 2 is 2.00 bits per heavy atom. The summed E-state index contributed by atoms with van der Waals surface area (Å²) >= 11 is 0. The highest BCUT2D eigenvalue weighted by Gasteiger charge is 2.18. The van der Waals surface area contributed by atoms with Gasteiger partial charge in [-0.25, -0.2) is 4.79 Å². The second-order valence-electron chi connectivity index (χ2n) is 6.24. The fourth-order valence-corrected chi connectivity index (χ4v) is 2.16. The maximum Gasteiger partial charge on any atom is 0.407 e. The quantitative estimate of drug-likeness (QED) is 0.909. The number of carbonyl (C=O) groups is 1. The van der Waals surface area contributed by atoms with Crippen molar-refractivity contribution in [3.63, 3.8) is 0 Å². The zero-order chi connectivity index (χ0) is 16.9. The Kier molecular flexibility index (Phi) is 5.34. The summed E-state index contributed by atoms with van der Waals surface area (Å²) < 4.78 is 5.22. The van der Waals surface area contributed by atoms with Gasteiger partial charge in [0.05, 0.1) is 0 Å². The van der Waals surface area contributed by atoms with Crippen LogP contribution in [0.5, 0.6) is 0 Å². The number of alkyl carbamates (subject to hydrolysis) is 1. The topological polar surface area (TPSA) is 71.5 Å². The van der Waals surface area contributed by atoms with E-state index in [-0.39, 0.29) is 6.54 Å². The largest absolute Gasteiger partial charge is 0.444 e. The normalized spacial score (nSPS) is 12.5. The van der Waals surface area contributed by atoms with E-state index < -0.39 is 17.8 Å². The summed E-state index contributed by atoms with van der Waals surface area (Å²) in [5.41, 5.74) is 1.72. The number of aromatic nitrogens is 1. The van der Waals surface area contributed by atoms with Crippen molar-refractivity contribution < 1.29 is 14.6 Å². The van der Waals surface area contributed by atoms with Crippen LogP contribution in [0.25, 0.3) is 0 Å². The lowest BCUT2D eigenvalue weighted by Crippen LogP contribution is -2.32. The molecule has 1 aromatic carbocycles. The number of rotatable bonds is 4. The molecule has 0 spiro atoms. The summed E-state index contributed by atoms with van der Waals surface area (Å²) in [4.78, 5) is 15.8. The number of ether oxygens (including phenoxy) is 1. The van der Waals surface area contributed by atoms with Crippen LogP contribution in [-0.4, -0.2) is 21.8 Å². The number of amides is 1. The summed E-state index contributed by atoms with van der Waals surface area (Å²) in [5, 5.41) is 13.3. The predicted molar refractivity (Wildman–Crippen MR) is 87.8 cm³/mol. The lowest BCUT2D eigenvalue weighted by atomic mass is 9.98. The van der Waals surface area contributed by atoms with E-state index in [0.717, 1.165) is 11.1 Å². The summed E-state index contributed by atoms with van der Waals surface area (Å²) in [6.45, 7) is 5.72. The first-order chi connectivity index (χ1) is 10.9. The molecule has 1 amide bonds. The summed E-state index contributed by atoms with van der Waals surface area (Å²) in [6, 6.07) is 11.0. The van der Waals surface area contributed by atoms with Crippen LogP contribution < -0.4 is 5.32 Å². The average Bonchev–Trinajstić information content (AvgIpc) is 2.52. The lowest BCUT2D eigenvalue weighted by molar-refractivity contribution is 0.0523. The lowest BCUT2D eigenvalue weighted by Gasteiger charge is -2.20. The first-order valence-corrected chi connectivity index (χ1v) is 7.49. The molecule has 1 atom stereocenters. The molecule has 2 aromatic rings. The molecule has 5 heteroatoms. The van der Waals surface area contributed by atoms with Crippen LogP contribution in [0.3, 0.4) is 0 Å². The van der Waals surface area contributed by atoms with Gasteiger partial charge in [-0.05, 0) is 38.0 Å². The van der Waals surface area contributed by atoms with Gasteiger partial charge in [0.15, 0.2) is 0 Å². The molecule has 1 unspecified atom stereocenters. The van der Waals surface area contributed by atoms with Crippen molar-refractivity contribution in [3.8, 4) is 0 Å². The van der Waals surface area contributed by atoms with Crippen LogP contribution in [0.1, 0.15) is 43.6 Å². The van der Waals surface area contributed by atoms with Crippen molar-refractivity contribution >= 4 is 6.09 Å². The highest BCUT2D eigenvalue weighted by atomic mass is 16.6. The van der Waals surface area contributed by atoms with Crippen molar-refractivity contribution in [1.29, 1.82) is 0 Å². The van der Waals surface area contributed by atoms with Crippen molar-refractivity contribution in [2.45, 2.75) is 39.0 Å². The van der Waals surface area contributed by atoms with Crippen LogP contribution in [0, 0.1) is 0 Å². The molecule has 0 saturated carbocycles. The van der Waals surface area contributed by atoms with E-state index in [1.807, 2.05) is 51.1 Å². The standard InChI is InChI=1S/C18H22N2O3/c1-18(2,3)23-17(22)20-12-13-7-4-5-9-15(13)16(21)14-8-6-10-19-11-14/h4-11,16,21H,12H2,1-3H3,(H,20,22). The Hall–Kier alpha value is -2.40. The molecule has 2 N–H and O–H groups in total. The molecule has 23 heavy (non-hydrogen) atoms. The molecule has 0 aliphatic heterocycles. The highest BCUT2D eigenvalue weighted by Crippen LogP contribution is 2.24. The molecule has 1 aromatic heterocycles. The molecule has 0 aliphatic carbocycles. The third kappa shape index (κ3) is 5.07. The maximum absolute atomic E-state index is 11.8. The van der Waals surface area contributed by atoms with Gasteiger partial charge in [-0.2, -0.15) is 0 Å². The molecule has 0 fully saturated rings. The number of aliphatic hydroxyl groups is 1. The Morgan fingerprint density at radius 1 is 1.26 bits per heavy atom. The average molecular weight is 314 g/mol. The predicted octanol–water partition coefficient (Wildman–Crippen LogP) is 3.19. The van der Waals surface area contributed by atoms with Crippen LogP contribution in [-0.2, 0) is 11.3 Å². The van der Waals surface area contributed by atoms with Gasteiger partial charge in [-0.15, -0.1) is 0 Å². The van der Waals surface area contributed by atoms with E-state index in [9.17, 15) is 9.90 Å². The minimum atomic E-state index is -0.791. The van der Waals surface area contributed by atoms with Crippen molar-refractivity contribution in [3.05, 3.63) is 65.5 Å². The van der Waals surface area contributed by atoms with Gasteiger partial charge in [-0.3, -0.25) is 4.98 Å². The molecule has 5 nitrogen and oxygen atoms in total. The van der Waals surface area contributed by atoms with E-state index in [4.69, 9.17) is 4.74 Å². The smallest absolute Gasteiger partial charge is 0.407 e. The number of aliphatic hydroxyl groups excluding tert-OH is 1. The number of nitrogens with one attached hydrogen (secondary N) is 1. The third-order valence-electron chi connectivity index (χ3n) is 3.17. The van der Waals surface area contributed by atoms with Gasteiger partial charge in [0.1, 0.15) is 11.7 Å². The molecule has 1 heterocycles. The van der Waals surface area contributed by atoms with Crippen LogP contribution in [0.2, 0.25) is 0 Å². The molecule has 0 radical (unpaired) electrons. The SMILES string of the molecule is CC(C)(C)OC(=O)NCc1ccccc1C(O)c1cccnc1. The van der Waals surface area contributed by atoms with E-state index >= 15 is 0 Å². The summed E-state index contributed by atoms with van der Waals surface area (Å²) in [7, 11) is 0. The number of benzene rings is 1. The molecular weight excluding hydrogens is 292 g/mol. The van der Waals surface area contributed by atoms with Gasteiger partial charge in [0.2, 0.25) is 0 Å². The first-order valence-electron chi connectivity index (χ1n) is 7.49. The molecule has 122 valence electrons. The van der Waals surface area contributed by atoms with E-state index in [1.165, 1.54) is 0 Å². The van der Waals surface area contributed by atoms with Crippen molar-refractivity contribution in [1.82, 2.24) is 10.3 Å². The minimum absolute atomic E-state index is 0.280. The number of hydrogen-bond acceptors (Lipinski definition) is 4. The molecule has 0 saturated heterocycles. The second-order valence-corrected chi connectivity index (χ2v) is 6.24. The zero-order valence-electron chi connectivity index (χ0n) is 13.6. The zero-order valence-corrected chi connectivity index (χ0v) is 13.6. The second kappa shape index (κ2) is 7.24. The van der Waals surface area contributed by atoms with Crippen LogP contribution >= 0.6 is 0 Å². The number of carbonyl (C=O) groups excluding carboxylic acids is 1. The van der Waals surface area contributed by atoms with E-state index in [0.29, 0.717) is 5.56 Å². The monoisotopic (exact) mass is 314 g/mol. The van der Waals surface area contributed by atoms with Gasteiger partial charge in [-0.1, -0.05) is 30.3 Å². The number of nitrogens with zero attached hydrogens (tertiary/aromatic N) is 1. The van der Waals surface area contributed by atoms with Gasteiger partial charge in [0, 0.05) is 24.5 Å². The van der Waals surface area contributed by atoms with Gasteiger partial charge in [0.25, 0.3) is 0 Å². The molecule has 2 rings (SSSR count). The van der Waals surface area contributed by atoms with Crippen molar-refractivity contribution in [2.75, 3.05) is 0 Å². The summed E-state index contributed by atoms with van der Waals surface area (Å²) in [6.07, 6.45) is 2.01. The fourth-order valence-electron chi connectivity index (χ4n) is 2.16. The Labute approximate surface area is 136 Å². The number of hydrogen-bond donors (Lipinski definition) is 2. The Morgan fingerprint density at radius 3 is 2.65 bits per heavy atom. The summed E-state index contributed by atoms with van der Waals surface area (Å²) in [5.74, 6) is 0. The van der Waals surface area contributed by atoms with Crippen molar-refractivity contribution in [2.24, 2.45) is 0 Å². The van der Waals surface area contributed by atoms with Gasteiger partial charge < -0.3 is 15.2 Å². The third-order valence-corrected chi connectivity index (χ3v) is 3.17. The highest BCUT2D eigenvalue weighted by molar-refractivity contribution is 5.67. The van der Waals surface area contributed by atoms with Crippen LogP contribution in [0.4, 0.5) is 4.79 Å². The molecule has 0 aliphatic rings. The molecular formula is C18H22N2O3. The van der Waals surface area contributed by atoms with Gasteiger partial charge >= 0.3 is 6.09 Å². The Balaban J connectivity index is 2.10. The number of pyridine rings is 1. The van der Waals surface area contributed by atoms with E-state index in [1.54, 1.807) is 18.5 Å². The minimum Gasteiger partial charge on any atom is -0.444 e. The maximum atomic E-state index is 11.8. The fraction of sp³-hybridized carbons (Fsp3) is 0.333. The van der Waals surface area contributed by atoms with E-state index in [2.05, 4.69) is 10.3 Å². The molecule has 0 bridgehead atoms.